The van der Waals surface area contributed by atoms with E-state index in [4.69, 9.17) is 11.6 Å². The fraction of sp³-hybridized carbons (Fsp3) is 0.167. The zero-order chi connectivity index (χ0) is 12.1. The van der Waals surface area contributed by atoms with Crippen LogP contribution < -0.4 is 5.32 Å². The van der Waals surface area contributed by atoms with Gasteiger partial charge in [-0.25, -0.2) is 9.97 Å². The highest BCUT2D eigenvalue weighted by atomic mass is 35.5. The summed E-state index contributed by atoms with van der Waals surface area (Å²) in [5, 5.41) is 3.45. The Bertz CT molecular complexity index is 487. The summed E-state index contributed by atoms with van der Waals surface area (Å²) >= 11 is 7.44. The summed E-state index contributed by atoms with van der Waals surface area (Å²) in [6, 6.07) is 10.2. The van der Waals surface area contributed by atoms with Gasteiger partial charge in [-0.05, 0) is 41.6 Å². The maximum absolute atomic E-state index is 5.70. The van der Waals surface area contributed by atoms with Crippen molar-refractivity contribution in [2.24, 2.45) is 0 Å². The van der Waals surface area contributed by atoms with Gasteiger partial charge < -0.3 is 5.32 Å². The topological polar surface area (TPSA) is 37.8 Å². The molecular weight excluding hydrogens is 254 g/mol. The van der Waals surface area contributed by atoms with Crippen molar-refractivity contribution in [1.29, 1.82) is 0 Å². The van der Waals surface area contributed by atoms with Crippen molar-refractivity contribution < 1.29 is 0 Å². The molecule has 0 amide bonds. The molecule has 0 radical (unpaired) electrons. The molecule has 17 heavy (non-hydrogen) atoms. The van der Waals surface area contributed by atoms with E-state index in [1.807, 2.05) is 0 Å². The van der Waals surface area contributed by atoms with Crippen LogP contribution in [0.25, 0.3) is 0 Å². The average molecular weight is 266 g/mol. The van der Waals surface area contributed by atoms with E-state index in [0.29, 0.717) is 0 Å². The maximum Gasteiger partial charge on any atom is 0.224 e. The van der Waals surface area contributed by atoms with Crippen LogP contribution in [0.5, 0.6) is 0 Å². The van der Waals surface area contributed by atoms with Gasteiger partial charge in [0, 0.05) is 17.6 Å². The molecule has 1 N–H and O–H groups in total. The summed E-state index contributed by atoms with van der Waals surface area (Å²) in [5.41, 5.74) is 1.21. The first-order valence-corrected chi connectivity index (χ1v) is 6.73. The van der Waals surface area contributed by atoms with Crippen LogP contribution in [0.3, 0.4) is 0 Å². The zero-order valence-electron chi connectivity index (χ0n) is 9.35. The number of aromatic nitrogens is 2. The Morgan fingerprint density at radius 1 is 1.24 bits per heavy atom. The number of hydrogen-bond donors (Lipinski definition) is 1. The molecular formula is C12H12ClN3S. The van der Waals surface area contributed by atoms with Crippen LogP contribution in [-0.2, 0) is 6.54 Å². The number of nitrogens with one attached hydrogen (secondary N) is 1. The Hall–Kier alpha value is -1.26. The number of halogens is 1. The van der Waals surface area contributed by atoms with Gasteiger partial charge in [0.25, 0.3) is 0 Å². The van der Waals surface area contributed by atoms with Gasteiger partial charge in [0.2, 0.25) is 5.28 Å². The molecule has 0 unspecified atom stereocenters. The Labute approximate surface area is 110 Å². The lowest BCUT2D eigenvalue weighted by Crippen LogP contribution is -2.01. The fourth-order valence-corrected chi connectivity index (χ4v) is 1.93. The van der Waals surface area contributed by atoms with Gasteiger partial charge in [0.15, 0.2) is 0 Å². The summed E-state index contributed by atoms with van der Waals surface area (Å²) in [7, 11) is 0. The molecule has 0 saturated carbocycles. The molecule has 0 aliphatic heterocycles. The quantitative estimate of drug-likeness (QED) is 0.679. The number of hydrogen-bond acceptors (Lipinski definition) is 4. The van der Waals surface area contributed by atoms with Crippen LogP contribution in [0.4, 0.5) is 5.82 Å². The predicted octanol–water partition coefficient (Wildman–Crippen LogP) is 3.46. The number of thioether (sulfide) groups is 1. The molecule has 1 heterocycles. The Kier molecular flexibility index (Phi) is 4.23. The summed E-state index contributed by atoms with van der Waals surface area (Å²) in [5.74, 6) is 0.735. The molecule has 2 rings (SSSR count). The summed E-state index contributed by atoms with van der Waals surface area (Å²) in [4.78, 5) is 9.15. The lowest BCUT2D eigenvalue weighted by Gasteiger charge is -2.06. The highest BCUT2D eigenvalue weighted by molar-refractivity contribution is 7.98. The van der Waals surface area contributed by atoms with Crippen LogP contribution in [-0.4, -0.2) is 16.2 Å². The number of nitrogens with zero attached hydrogens (tertiary/aromatic N) is 2. The van der Waals surface area contributed by atoms with Crippen molar-refractivity contribution in [3.8, 4) is 0 Å². The van der Waals surface area contributed by atoms with E-state index < -0.39 is 0 Å². The van der Waals surface area contributed by atoms with Gasteiger partial charge in [-0.2, -0.15) is 0 Å². The number of rotatable bonds is 4. The normalized spacial score (nSPS) is 10.2. The molecule has 5 heteroatoms. The Balaban J connectivity index is 1.97. The van der Waals surface area contributed by atoms with Gasteiger partial charge >= 0.3 is 0 Å². The van der Waals surface area contributed by atoms with E-state index in [1.54, 1.807) is 24.0 Å². The zero-order valence-corrected chi connectivity index (χ0v) is 10.9. The van der Waals surface area contributed by atoms with E-state index in [0.717, 1.165) is 12.4 Å². The van der Waals surface area contributed by atoms with Crippen molar-refractivity contribution in [2.45, 2.75) is 11.4 Å². The molecule has 3 nitrogen and oxygen atoms in total. The predicted molar refractivity (Wildman–Crippen MR) is 72.6 cm³/mol. The molecule has 88 valence electrons. The smallest absolute Gasteiger partial charge is 0.224 e. The molecule has 1 aromatic heterocycles. The van der Waals surface area contributed by atoms with Crippen molar-refractivity contribution in [3.05, 3.63) is 47.4 Å². The lowest BCUT2D eigenvalue weighted by molar-refractivity contribution is 1.08. The van der Waals surface area contributed by atoms with Gasteiger partial charge in [-0.1, -0.05) is 12.1 Å². The third-order valence-electron chi connectivity index (χ3n) is 2.26. The summed E-state index contributed by atoms with van der Waals surface area (Å²) in [6.07, 6.45) is 3.70. The van der Waals surface area contributed by atoms with E-state index in [9.17, 15) is 0 Å². The third kappa shape index (κ3) is 3.61. The van der Waals surface area contributed by atoms with Crippen molar-refractivity contribution in [3.63, 3.8) is 0 Å². The van der Waals surface area contributed by atoms with Gasteiger partial charge in [-0.3, -0.25) is 0 Å². The van der Waals surface area contributed by atoms with Crippen molar-refractivity contribution in [1.82, 2.24) is 9.97 Å². The molecule has 0 spiro atoms. The largest absolute Gasteiger partial charge is 0.366 e. The van der Waals surface area contributed by atoms with Crippen molar-refractivity contribution in [2.75, 3.05) is 11.6 Å². The average Bonchev–Trinajstić information content (AvgIpc) is 2.37. The minimum atomic E-state index is 0.257. The molecule has 1 aromatic carbocycles. The Morgan fingerprint density at radius 2 is 2.00 bits per heavy atom. The second-order valence-electron chi connectivity index (χ2n) is 3.41. The molecule has 0 saturated heterocycles. The van der Waals surface area contributed by atoms with Crippen LogP contribution in [0.1, 0.15) is 5.56 Å². The number of benzene rings is 1. The third-order valence-corrected chi connectivity index (χ3v) is 3.18. The molecule has 0 aliphatic carbocycles. The molecule has 0 bridgehead atoms. The van der Waals surface area contributed by atoms with Gasteiger partial charge in [0.1, 0.15) is 5.82 Å². The van der Waals surface area contributed by atoms with Gasteiger partial charge in [-0.15, -0.1) is 11.8 Å². The lowest BCUT2D eigenvalue weighted by atomic mass is 10.2. The Morgan fingerprint density at radius 3 is 2.65 bits per heavy atom. The SMILES string of the molecule is CSc1ccc(CNc2ccnc(Cl)n2)cc1. The first-order valence-electron chi connectivity index (χ1n) is 5.13. The second kappa shape index (κ2) is 5.89. The molecule has 0 atom stereocenters. The molecule has 0 fully saturated rings. The highest BCUT2D eigenvalue weighted by Crippen LogP contribution is 2.15. The molecule has 0 aliphatic rings. The highest BCUT2D eigenvalue weighted by Gasteiger charge is 1.97. The standard InChI is InChI=1S/C12H12ClN3S/c1-17-10-4-2-9(3-5-10)8-15-11-6-7-14-12(13)16-11/h2-7H,8H2,1H3,(H,14,15,16). The first-order chi connectivity index (χ1) is 8.28. The van der Waals surface area contributed by atoms with E-state index in [2.05, 4.69) is 45.8 Å². The fourth-order valence-electron chi connectivity index (χ4n) is 1.37. The van der Waals surface area contributed by atoms with Crippen LogP contribution in [0, 0.1) is 0 Å². The van der Waals surface area contributed by atoms with Crippen LogP contribution in [0.2, 0.25) is 5.28 Å². The minimum Gasteiger partial charge on any atom is -0.366 e. The number of anilines is 1. The van der Waals surface area contributed by atoms with Crippen LogP contribution >= 0.6 is 23.4 Å². The van der Waals surface area contributed by atoms with Gasteiger partial charge in [0.05, 0.1) is 0 Å². The minimum absolute atomic E-state index is 0.257. The van der Waals surface area contributed by atoms with Crippen LogP contribution in [0.15, 0.2) is 41.4 Å². The summed E-state index contributed by atoms with van der Waals surface area (Å²) < 4.78 is 0. The first kappa shape index (κ1) is 12.2. The maximum atomic E-state index is 5.70. The summed E-state index contributed by atoms with van der Waals surface area (Å²) in [6.45, 7) is 0.724. The monoisotopic (exact) mass is 265 g/mol. The molecule has 2 aromatic rings. The van der Waals surface area contributed by atoms with E-state index in [-0.39, 0.29) is 5.28 Å². The second-order valence-corrected chi connectivity index (χ2v) is 4.63. The van der Waals surface area contributed by atoms with Crippen molar-refractivity contribution >= 4 is 29.2 Å². The van der Waals surface area contributed by atoms with E-state index in [1.165, 1.54) is 10.5 Å². The van der Waals surface area contributed by atoms with E-state index >= 15 is 0 Å².